The molecule has 0 aliphatic carbocycles. The van der Waals surface area contributed by atoms with Crippen molar-refractivity contribution >= 4 is 15.9 Å². The van der Waals surface area contributed by atoms with Gasteiger partial charge in [-0.25, -0.2) is 0 Å². The molecule has 3 nitrogen and oxygen atoms in total. The highest BCUT2D eigenvalue weighted by Crippen LogP contribution is 2.47. The van der Waals surface area contributed by atoms with Gasteiger partial charge < -0.3 is 15.6 Å². The summed E-state index contributed by atoms with van der Waals surface area (Å²) in [6.07, 6.45) is -5.82. The van der Waals surface area contributed by atoms with Crippen molar-refractivity contribution in [3.63, 3.8) is 0 Å². The van der Waals surface area contributed by atoms with E-state index in [2.05, 4.69) is 20.7 Å². The lowest BCUT2D eigenvalue weighted by molar-refractivity contribution is -0.291. The van der Waals surface area contributed by atoms with Gasteiger partial charge in [0.2, 0.25) is 0 Å². The molecule has 1 aromatic carbocycles. The van der Waals surface area contributed by atoms with E-state index >= 15 is 0 Å². The molecule has 0 aliphatic rings. The molecule has 108 valence electrons. The van der Waals surface area contributed by atoms with Crippen molar-refractivity contribution in [2.24, 2.45) is 5.73 Å². The summed E-state index contributed by atoms with van der Waals surface area (Å²) in [5.74, 6) is -6.31. The zero-order chi connectivity index (χ0) is 15.0. The van der Waals surface area contributed by atoms with Crippen LogP contribution < -0.4 is 10.5 Å². The van der Waals surface area contributed by atoms with Gasteiger partial charge in [-0.15, -0.1) is 0 Å². The summed E-state index contributed by atoms with van der Waals surface area (Å²) in [5.41, 5.74) is 4.18. The third-order valence-corrected chi connectivity index (χ3v) is 2.85. The standard InChI is InChI=1S/C10H9BrF5NO2/c1-19-6-3-4(11)2-5(7(6)18)8(17)9(12,13)10(14,15)16/h2-3,8,18H,17H2,1H3/t8-/m0/s1. The number of ether oxygens (including phenoxy) is 1. The fourth-order valence-electron chi connectivity index (χ4n) is 1.36. The van der Waals surface area contributed by atoms with Gasteiger partial charge in [-0.3, -0.25) is 0 Å². The van der Waals surface area contributed by atoms with Crippen LogP contribution in [-0.4, -0.2) is 24.3 Å². The summed E-state index contributed by atoms with van der Waals surface area (Å²) in [6, 6.07) is -0.668. The van der Waals surface area contributed by atoms with Crippen molar-refractivity contribution in [2.75, 3.05) is 7.11 Å². The highest BCUT2D eigenvalue weighted by molar-refractivity contribution is 9.10. The van der Waals surface area contributed by atoms with Crippen molar-refractivity contribution < 1.29 is 31.8 Å². The second-order valence-electron chi connectivity index (χ2n) is 3.64. The first-order valence-corrected chi connectivity index (χ1v) is 5.58. The molecular weight excluding hydrogens is 341 g/mol. The van der Waals surface area contributed by atoms with E-state index in [1.165, 1.54) is 6.07 Å². The Kier molecular flexibility index (Phi) is 4.30. The molecule has 1 rings (SSSR count). The minimum absolute atomic E-state index is 0.144. The molecular formula is C10H9BrF5NO2. The quantitative estimate of drug-likeness (QED) is 0.822. The van der Waals surface area contributed by atoms with Gasteiger partial charge in [0, 0.05) is 10.0 Å². The zero-order valence-electron chi connectivity index (χ0n) is 9.43. The van der Waals surface area contributed by atoms with E-state index in [0.717, 1.165) is 13.2 Å². The average molecular weight is 350 g/mol. The van der Waals surface area contributed by atoms with Crippen molar-refractivity contribution in [1.82, 2.24) is 0 Å². The van der Waals surface area contributed by atoms with Gasteiger partial charge >= 0.3 is 12.1 Å². The first-order chi connectivity index (χ1) is 8.52. The van der Waals surface area contributed by atoms with Crippen LogP contribution in [0, 0.1) is 0 Å². The van der Waals surface area contributed by atoms with Crippen molar-refractivity contribution in [1.29, 1.82) is 0 Å². The number of aromatic hydroxyl groups is 1. The number of alkyl halides is 5. The molecule has 0 unspecified atom stereocenters. The summed E-state index contributed by atoms with van der Waals surface area (Å²) in [6.45, 7) is 0. The Morgan fingerprint density at radius 1 is 1.26 bits per heavy atom. The van der Waals surface area contributed by atoms with E-state index in [1.807, 2.05) is 0 Å². The lowest BCUT2D eigenvalue weighted by Crippen LogP contribution is -2.45. The van der Waals surface area contributed by atoms with Crippen LogP contribution in [0.4, 0.5) is 22.0 Å². The molecule has 0 bridgehead atoms. The van der Waals surface area contributed by atoms with E-state index in [-0.39, 0.29) is 10.2 Å². The number of halogens is 6. The summed E-state index contributed by atoms with van der Waals surface area (Å²) in [7, 11) is 1.12. The van der Waals surface area contributed by atoms with Gasteiger partial charge in [-0.1, -0.05) is 15.9 Å². The topological polar surface area (TPSA) is 55.5 Å². The monoisotopic (exact) mass is 349 g/mol. The number of hydrogen-bond acceptors (Lipinski definition) is 3. The molecule has 0 fully saturated rings. The molecule has 0 saturated heterocycles. The number of phenols is 1. The lowest BCUT2D eigenvalue weighted by Gasteiger charge is -2.26. The smallest absolute Gasteiger partial charge is 0.455 e. The fraction of sp³-hybridized carbons (Fsp3) is 0.400. The first-order valence-electron chi connectivity index (χ1n) is 4.79. The Balaban J connectivity index is 3.35. The largest absolute Gasteiger partial charge is 0.504 e. The number of nitrogens with two attached hydrogens (primary N) is 1. The van der Waals surface area contributed by atoms with Crippen LogP contribution in [0.1, 0.15) is 11.6 Å². The van der Waals surface area contributed by atoms with E-state index < -0.39 is 29.5 Å². The Morgan fingerprint density at radius 2 is 1.79 bits per heavy atom. The Labute approximate surface area is 113 Å². The minimum atomic E-state index is -5.82. The second kappa shape index (κ2) is 5.12. The van der Waals surface area contributed by atoms with Gasteiger partial charge in [0.05, 0.1) is 7.11 Å². The summed E-state index contributed by atoms with van der Waals surface area (Å²) < 4.78 is 67.8. The third-order valence-electron chi connectivity index (χ3n) is 2.39. The number of rotatable bonds is 3. The first kappa shape index (κ1) is 16.0. The van der Waals surface area contributed by atoms with Gasteiger partial charge in [-0.05, 0) is 12.1 Å². The fourth-order valence-corrected chi connectivity index (χ4v) is 1.81. The molecule has 0 saturated carbocycles. The maximum Gasteiger partial charge on any atom is 0.455 e. The molecule has 0 radical (unpaired) electrons. The second-order valence-corrected chi connectivity index (χ2v) is 4.56. The minimum Gasteiger partial charge on any atom is -0.504 e. The van der Waals surface area contributed by atoms with Crippen molar-refractivity contribution in [2.45, 2.75) is 18.1 Å². The highest BCUT2D eigenvalue weighted by Gasteiger charge is 2.62. The summed E-state index contributed by atoms with van der Waals surface area (Å²) in [5, 5.41) is 9.59. The van der Waals surface area contributed by atoms with E-state index in [1.54, 1.807) is 0 Å². The van der Waals surface area contributed by atoms with Crippen LogP contribution in [-0.2, 0) is 0 Å². The molecule has 1 aromatic rings. The lowest BCUT2D eigenvalue weighted by atomic mass is 9.99. The number of methoxy groups -OCH3 is 1. The zero-order valence-corrected chi connectivity index (χ0v) is 11.0. The predicted molar refractivity (Wildman–Crippen MR) is 60.3 cm³/mol. The maximum atomic E-state index is 13.1. The normalized spacial score (nSPS) is 14.3. The van der Waals surface area contributed by atoms with Gasteiger partial charge in [0.25, 0.3) is 0 Å². The molecule has 1 atom stereocenters. The van der Waals surface area contributed by atoms with Gasteiger partial charge in [0.1, 0.15) is 6.04 Å². The Morgan fingerprint density at radius 3 is 2.21 bits per heavy atom. The summed E-state index contributed by atoms with van der Waals surface area (Å²) in [4.78, 5) is 0. The molecule has 0 spiro atoms. The molecule has 0 aliphatic heterocycles. The predicted octanol–water partition coefficient (Wildman–Crippen LogP) is 3.36. The Hall–Kier alpha value is -1.09. The SMILES string of the molecule is COc1cc(Br)cc([C@H](N)C(F)(F)C(F)(F)F)c1O. The third kappa shape index (κ3) is 2.92. The molecule has 0 aromatic heterocycles. The van der Waals surface area contributed by atoms with Crippen molar-refractivity contribution in [3.8, 4) is 11.5 Å². The number of benzene rings is 1. The molecule has 3 N–H and O–H groups in total. The molecule has 9 heteroatoms. The van der Waals surface area contributed by atoms with Crippen LogP contribution in [0.2, 0.25) is 0 Å². The van der Waals surface area contributed by atoms with Crippen molar-refractivity contribution in [3.05, 3.63) is 22.2 Å². The molecule has 0 amide bonds. The Bertz CT molecular complexity index is 478. The van der Waals surface area contributed by atoms with Crippen LogP contribution in [0.25, 0.3) is 0 Å². The van der Waals surface area contributed by atoms with Crippen LogP contribution in [0.5, 0.6) is 11.5 Å². The van der Waals surface area contributed by atoms with Crippen LogP contribution in [0.15, 0.2) is 16.6 Å². The maximum absolute atomic E-state index is 13.1. The number of hydrogen-bond donors (Lipinski definition) is 2. The average Bonchev–Trinajstić information content (AvgIpc) is 2.29. The van der Waals surface area contributed by atoms with Gasteiger partial charge in [0.15, 0.2) is 11.5 Å². The molecule has 0 heterocycles. The number of phenolic OH excluding ortho intramolecular Hbond substituents is 1. The van der Waals surface area contributed by atoms with Crippen LogP contribution >= 0.6 is 15.9 Å². The van der Waals surface area contributed by atoms with Crippen LogP contribution in [0.3, 0.4) is 0 Å². The van der Waals surface area contributed by atoms with Gasteiger partial charge in [-0.2, -0.15) is 22.0 Å². The molecule has 19 heavy (non-hydrogen) atoms. The van der Waals surface area contributed by atoms with E-state index in [4.69, 9.17) is 5.73 Å². The highest BCUT2D eigenvalue weighted by atomic mass is 79.9. The summed E-state index contributed by atoms with van der Waals surface area (Å²) >= 11 is 2.90. The van der Waals surface area contributed by atoms with E-state index in [0.29, 0.717) is 0 Å². The van der Waals surface area contributed by atoms with E-state index in [9.17, 15) is 27.1 Å².